The van der Waals surface area contributed by atoms with Gasteiger partial charge in [0.15, 0.2) is 0 Å². The van der Waals surface area contributed by atoms with Crippen LogP contribution >= 0.6 is 0 Å². The first kappa shape index (κ1) is 16.7. The third kappa shape index (κ3) is 5.72. The molecule has 3 N–H and O–H groups in total. The molecule has 4 heteroatoms. The molecule has 20 heavy (non-hydrogen) atoms. The molecule has 4 nitrogen and oxygen atoms in total. The van der Waals surface area contributed by atoms with Crippen LogP contribution in [0.25, 0.3) is 0 Å². The Morgan fingerprint density at radius 1 is 1.15 bits per heavy atom. The third-order valence-corrected chi connectivity index (χ3v) is 3.42. The number of rotatable bonds is 9. The molecular formula is C16H28N4. The summed E-state index contributed by atoms with van der Waals surface area (Å²) < 4.78 is 0. The predicted molar refractivity (Wildman–Crippen MR) is 86.4 cm³/mol. The molecule has 112 valence electrons. The molecule has 0 spiro atoms. The molecule has 0 saturated carbocycles. The lowest BCUT2D eigenvalue weighted by atomic mass is 9.97. The van der Waals surface area contributed by atoms with E-state index < -0.39 is 0 Å². The van der Waals surface area contributed by atoms with Crippen LogP contribution in [-0.4, -0.2) is 55.9 Å². The molecule has 0 aliphatic carbocycles. The van der Waals surface area contributed by atoms with Gasteiger partial charge in [-0.2, -0.15) is 0 Å². The van der Waals surface area contributed by atoms with Gasteiger partial charge in [-0.3, -0.25) is 5.41 Å². The molecule has 0 aromatic heterocycles. The summed E-state index contributed by atoms with van der Waals surface area (Å²) in [5, 5.41) is 7.87. The van der Waals surface area contributed by atoms with Crippen molar-refractivity contribution in [1.29, 1.82) is 5.41 Å². The average Bonchev–Trinajstić information content (AvgIpc) is 2.42. The van der Waals surface area contributed by atoms with E-state index in [1.165, 1.54) is 0 Å². The van der Waals surface area contributed by atoms with Gasteiger partial charge in [-0.15, -0.1) is 0 Å². The monoisotopic (exact) mass is 276 g/mol. The molecule has 0 bridgehead atoms. The summed E-state index contributed by atoms with van der Waals surface area (Å²) in [5.74, 6) is 0.243. The zero-order valence-corrected chi connectivity index (χ0v) is 13.0. The Bertz CT molecular complexity index is 389. The lowest BCUT2D eigenvalue weighted by molar-refractivity contribution is 0.239. The molecule has 0 heterocycles. The van der Waals surface area contributed by atoms with Gasteiger partial charge < -0.3 is 15.5 Å². The van der Waals surface area contributed by atoms with Crippen LogP contribution in [0.3, 0.4) is 0 Å². The second kappa shape index (κ2) is 8.72. The molecular weight excluding hydrogens is 248 g/mol. The number of amidine groups is 1. The second-order valence-corrected chi connectivity index (χ2v) is 5.52. The van der Waals surface area contributed by atoms with Crippen LogP contribution in [0.1, 0.15) is 24.8 Å². The number of likely N-dealkylation sites (N-methyl/N-ethyl adjacent to an activating group) is 1. The smallest absolute Gasteiger partial charge is 0.0995 e. The maximum atomic E-state index is 7.87. The fourth-order valence-electron chi connectivity index (χ4n) is 2.28. The highest BCUT2D eigenvalue weighted by atomic mass is 15.2. The molecule has 0 saturated heterocycles. The molecule has 1 atom stereocenters. The molecule has 0 radical (unpaired) electrons. The molecule has 0 fully saturated rings. The first-order valence-corrected chi connectivity index (χ1v) is 7.30. The van der Waals surface area contributed by atoms with E-state index >= 15 is 0 Å². The van der Waals surface area contributed by atoms with Gasteiger partial charge in [-0.25, -0.2) is 0 Å². The van der Waals surface area contributed by atoms with Crippen LogP contribution in [-0.2, 0) is 0 Å². The minimum atomic E-state index is -0.00934. The first-order chi connectivity index (χ1) is 9.54. The highest BCUT2D eigenvalue weighted by molar-refractivity contribution is 5.84. The topological polar surface area (TPSA) is 56.4 Å². The number of nitrogens with one attached hydrogen (secondary N) is 1. The molecule has 1 aromatic rings. The van der Waals surface area contributed by atoms with Crippen molar-refractivity contribution in [2.45, 2.75) is 19.3 Å². The van der Waals surface area contributed by atoms with Crippen LogP contribution in [0.15, 0.2) is 30.3 Å². The molecule has 1 aromatic carbocycles. The average molecular weight is 276 g/mol. The fourth-order valence-corrected chi connectivity index (χ4v) is 2.28. The Hall–Kier alpha value is -1.39. The van der Waals surface area contributed by atoms with E-state index in [1.54, 1.807) is 0 Å². The van der Waals surface area contributed by atoms with E-state index in [0.717, 1.165) is 38.2 Å². The predicted octanol–water partition coefficient (Wildman–Crippen LogP) is 1.98. The van der Waals surface area contributed by atoms with Gasteiger partial charge in [0, 0.05) is 19.6 Å². The van der Waals surface area contributed by atoms with Gasteiger partial charge in [-0.1, -0.05) is 37.3 Å². The number of hydrogen-bond donors (Lipinski definition) is 2. The maximum absolute atomic E-state index is 7.87. The van der Waals surface area contributed by atoms with Crippen molar-refractivity contribution in [3.8, 4) is 0 Å². The van der Waals surface area contributed by atoms with E-state index in [-0.39, 0.29) is 11.8 Å². The van der Waals surface area contributed by atoms with Gasteiger partial charge in [0.2, 0.25) is 0 Å². The summed E-state index contributed by atoms with van der Waals surface area (Å²) in [5.41, 5.74) is 6.95. The maximum Gasteiger partial charge on any atom is 0.0995 e. The Morgan fingerprint density at radius 3 is 2.30 bits per heavy atom. The molecule has 1 rings (SSSR count). The third-order valence-electron chi connectivity index (χ3n) is 3.42. The van der Waals surface area contributed by atoms with Crippen molar-refractivity contribution in [2.24, 2.45) is 5.73 Å². The number of nitrogens with zero attached hydrogens (tertiary/aromatic N) is 2. The number of nitrogens with two attached hydrogens (primary N) is 1. The van der Waals surface area contributed by atoms with Gasteiger partial charge in [0.05, 0.1) is 11.8 Å². The van der Waals surface area contributed by atoms with Crippen molar-refractivity contribution in [3.63, 3.8) is 0 Å². The fraction of sp³-hybridized carbons (Fsp3) is 0.562. The summed E-state index contributed by atoms with van der Waals surface area (Å²) in [6, 6.07) is 10.1. The van der Waals surface area contributed by atoms with Crippen LogP contribution in [0, 0.1) is 5.41 Å². The summed E-state index contributed by atoms with van der Waals surface area (Å²) in [7, 11) is 4.17. The second-order valence-electron chi connectivity index (χ2n) is 5.52. The first-order valence-electron chi connectivity index (χ1n) is 7.30. The Labute approximate surface area is 123 Å². The lowest BCUT2D eigenvalue weighted by Gasteiger charge is -2.28. The molecule has 0 aliphatic heterocycles. The van der Waals surface area contributed by atoms with Crippen LogP contribution in [0.4, 0.5) is 0 Å². The van der Waals surface area contributed by atoms with E-state index in [1.807, 2.05) is 18.2 Å². The normalized spacial score (nSPS) is 12.8. The minimum absolute atomic E-state index is 0.00934. The van der Waals surface area contributed by atoms with Gasteiger partial charge >= 0.3 is 0 Å². The molecule has 0 aliphatic rings. The summed E-state index contributed by atoms with van der Waals surface area (Å²) >= 11 is 0. The molecule has 0 amide bonds. The van der Waals surface area contributed by atoms with Crippen molar-refractivity contribution >= 4 is 5.84 Å². The van der Waals surface area contributed by atoms with Crippen LogP contribution in [0.2, 0.25) is 0 Å². The van der Waals surface area contributed by atoms with Gasteiger partial charge in [0.1, 0.15) is 0 Å². The zero-order chi connectivity index (χ0) is 15.0. The van der Waals surface area contributed by atoms with Crippen molar-refractivity contribution < 1.29 is 0 Å². The van der Waals surface area contributed by atoms with E-state index in [4.69, 9.17) is 11.1 Å². The Kier molecular flexibility index (Phi) is 7.26. The van der Waals surface area contributed by atoms with Gasteiger partial charge in [-0.05, 0) is 32.6 Å². The Balaban J connectivity index is 2.73. The summed E-state index contributed by atoms with van der Waals surface area (Å²) in [6.45, 7) is 6.09. The SMILES string of the molecule is CCCN(CCN(C)C)CC(C(=N)N)c1ccccc1. The van der Waals surface area contributed by atoms with E-state index in [0.29, 0.717) is 0 Å². The standard InChI is InChI=1S/C16H28N4/c1-4-10-20(12-11-19(2)3)13-15(16(17)18)14-8-6-5-7-9-14/h5-9,15H,4,10-13H2,1-3H3,(H3,17,18). The zero-order valence-electron chi connectivity index (χ0n) is 13.0. The van der Waals surface area contributed by atoms with Crippen LogP contribution in [0.5, 0.6) is 0 Å². The van der Waals surface area contributed by atoms with Crippen molar-refractivity contribution in [1.82, 2.24) is 9.80 Å². The summed E-state index contributed by atoms with van der Waals surface area (Å²) in [6.07, 6.45) is 1.12. The van der Waals surface area contributed by atoms with Crippen molar-refractivity contribution in [2.75, 3.05) is 40.3 Å². The van der Waals surface area contributed by atoms with Crippen LogP contribution < -0.4 is 5.73 Å². The summed E-state index contributed by atoms with van der Waals surface area (Å²) in [4.78, 5) is 4.59. The Morgan fingerprint density at radius 2 is 1.80 bits per heavy atom. The highest BCUT2D eigenvalue weighted by Crippen LogP contribution is 2.17. The quantitative estimate of drug-likeness (QED) is 0.535. The van der Waals surface area contributed by atoms with E-state index in [9.17, 15) is 0 Å². The lowest BCUT2D eigenvalue weighted by Crippen LogP contribution is -2.38. The number of benzene rings is 1. The highest BCUT2D eigenvalue weighted by Gasteiger charge is 2.18. The number of hydrogen-bond acceptors (Lipinski definition) is 3. The van der Waals surface area contributed by atoms with Crippen molar-refractivity contribution in [3.05, 3.63) is 35.9 Å². The molecule has 1 unspecified atom stereocenters. The largest absolute Gasteiger partial charge is 0.387 e. The van der Waals surface area contributed by atoms with E-state index in [2.05, 4.69) is 43.0 Å². The minimum Gasteiger partial charge on any atom is -0.387 e. The van der Waals surface area contributed by atoms with Gasteiger partial charge in [0.25, 0.3) is 0 Å².